The number of nitrogens with zero attached hydrogens (tertiary/aromatic N) is 2. The third kappa shape index (κ3) is 3.40. The predicted molar refractivity (Wildman–Crippen MR) is 114 cm³/mol. The maximum absolute atomic E-state index is 13.8. The van der Waals surface area contributed by atoms with Crippen LogP contribution in [0.15, 0.2) is 42.5 Å². The lowest BCUT2D eigenvalue weighted by Gasteiger charge is -2.28. The van der Waals surface area contributed by atoms with Crippen molar-refractivity contribution in [2.75, 3.05) is 13.2 Å². The summed E-state index contributed by atoms with van der Waals surface area (Å²) in [6.07, 6.45) is 0.661. The number of amides is 1. The van der Waals surface area contributed by atoms with Gasteiger partial charge >= 0.3 is 6.09 Å². The van der Waals surface area contributed by atoms with E-state index in [0.29, 0.717) is 38.1 Å². The number of H-pyrrole nitrogens is 1. The third-order valence-electron chi connectivity index (χ3n) is 5.77. The molecule has 2 aromatic carbocycles. The quantitative estimate of drug-likeness (QED) is 0.501. The van der Waals surface area contributed by atoms with Crippen molar-refractivity contribution in [1.29, 1.82) is 0 Å². The van der Waals surface area contributed by atoms with E-state index >= 15 is 0 Å². The van der Waals surface area contributed by atoms with Crippen LogP contribution in [-0.4, -0.2) is 34.1 Å². The lowest BCUT2D eigenvalue weighted by Crippen LogP contribution is -2.37. The van der Waals surface area contributed by atoms with E-state index in [9.17, 15) is 13.6 Å². The van der Waals surface area contributed by atoms with Gasteiger partial charge in [0, 0.05) is 29.3 Å². The van der Waals surface area contributed by atoms with Gasteiger partial charge in [-0.1, -0.05) is 24.3 Å². The Balaban J connectivity index is 1.66. The number of aromatic nitrogens is 2. The summed E-state index contributed by atoms with van der Waals surface area (Å²) in [5, 5.41) is 2.17. The summed E-state index contributed by atoms with van der Waals surface area (Å²) in [6.45, 7) is 3.01. The molecule has 0 aliphatic carbocycles. The Hall–Kier alpha value is -3.48. The molecule has 7 heteroatoms. The molecule has 1 aliphatic heterocycles. The highest BCUT2D eigenvalue weighted by atomic mass is 19.2. The van der Waals surface area contributed by atoms with Crippen LogP contribution in [-0.2, 0) is 24.1 Å². The minimum atomic E-state index is -0.878. The molecule has 0 spiro atoms. The van der Waals surface area contributed by atoms with Crippen molar-refractivity contribution in [3.63, 3.8) is 0 Å². The number of benzene rings is 2. The second-order valence-corrected chi connectivity index (χ2v) is 7.70. The topological polar surface area (TPSA) is 58.2 Å². The first-order valence-corrected chi connectivity index (χ1v) is 10.3. The molecule has 158 valence electrons. The van der Waals surface area contributed by atoms with Crippen LogP contribution in [0, 0.1) is 11.6 Å². The van der Waals surface area contributed by atoms with Crippen LogP contribution in [0.25, 0.3) is 21.8 Å². The molecule has 0 radical (unpaired) electrons. The van der Waals surface area contributed by atoms with E-state index in [1.54, 1.807) is 17.9 Å². The number of rotatable bonds is 3. The fourth-order valence-electron chi connectivity index (χ4n) is 4.35. The molecule has 3 heterocycles. The maximum Gasteiger partial charge on any atom is 0.410 e. The lowest BCUT2D eigenvalue weighted by molar-refractivity contribution is 0.102. The molecule has 0 fully saturated rings. The predicted octanol–water partition coefficient (Wildman–Crippen LogP) is 5.10. The van der Waals surface area contributed by atoms with Crippen molar-refractivity contribution < 1.29 is 18.3 Å². The van der Waals surface area contributed by atoms with Gasteiger partial charge in [-0.2, -0.15) is 0 Å². The van der Waals surface area contributed by atoms with Gasteiger partial charge in [0.15, 0.2) is 11.6 Å². The average molecular weight is 421 g/mol. The van der Waals surface area contributed by atoms with Gasteiger partial charge in [-0.3, -0.25) is 4.98 Å². The first-order valence-electron chi connectivity index (χ1n) is 10.3. The normalized spacial score (nSPS) is 13.6. The minimum absolute atomic E-state index is 0.318. The van der Waals surface area contributed by atoms with Gasteiger partial charge in [-0.15, -0.1) is 0 Å². The van der Waals surface area contributed by atoms with Crippen LogP contribution >= 0.6 is 0 Å². The molecule has 0 atom stereocenters. The summed E-state index contributed by atoms with van der Waals surface area (Å²) in [7, 11) is 0. The van der Waals surface area contributed by atoms with Crippen LogP contribution in [0.2, 0.25) is 0 Å². The first-order chi connectivity index (χ1) is 15.0. The molecule has 0 saturated carbocycles. The van der Waals surface area contributed by atoms with E-state index in [1.807, 2.05) is 18.2 Å². The zero-order valence-corrected chi connectivity index (χ0v) is 17.0. The van der Waals surface area contributed by atoms with Crippen LogP contribution < -0.4 is 0 Å². The van der Waals surface area contributed by atoms with Crippen molar-refractivity contribution >= 4 is 27.9 Å². The minimum Gasteiger partial charge on any atom is -0.450 e. The summed E-state index contributed by atoms with van der Waals surface area (Å²) in [4.78, 5) is 22.3. The van der Waals surface area contributed by atoms with E-state index < -0.39 is 11.6 Å². The Morgan fingerprint density at radius 2 is 2.03 bits per heavy atom. The molecule has 1 N–H and O–H groups in total. The molecule has 1 amide bonds. The monoisotopic (exact) mass is 421 g/mol. The van der Waals surface area contributed by atoms with Crippen molar-refractivity contribution in [2.45, 2.75) is 26.3 Å². The van der Waals surface area contributed by atoms with Crippen LogP contribution in [0.4, 0.5) is 13.6 Å². The van der Waals surface area contributed by atoms with Gasteiger partial charge < -0.3 is 14.6 Å². The first kappa shape index (κ1) is 19.5. The summed E-state index contributed by atoms with van der Waals surface area (Å²) >= 11 is 0. The third-order valence-corrected chi connectivity index (χ3v) is 5.77. The fraction of sp³-hybridized carbons (Fsp3) is 0.250. The smallest absolute Gasteiger partial charge is 0.410 e. The Morgan fingerprint density at radius 3 is 2.84 bits per heavy atom. The summed E-state index contributed by atoms with van der Waals surface area (Å²) in [5.74, 6) is -1.75. The highest BCUT2D eigenvalue weighted by Crippen LogP contribution is 2.35. The number of hydrogen-bond donors (Lipinski definition) is 1. The molecular weight excluding hydrogens is 400 g/mol. The number of nitrogens with one attached hydrogen (secondary N) is 1. The number of para-hydroxylation sites is 1. The number of ether oxygens (including phenoxy) is 1. The van der Waals surface area contributed by atoms with E-state index in [2.05, 4.69) is 11.1 Å². The second kappa shape index (κ2) is 7.65. The SMILES string of the molecule is CCOC(=O)N1CCc2c(nc(Cc3ccc(F)c(F)c3)c3[nH]c4ccccc4c23)C1. The van der Waals surface area contributed by atoms with E-state index in [1.165, 1.54) is 6.07 Å². The van der Waals surface area contributed by atoms with Crippen molar-refractivity contribution in [3.8, 4) is 0 Å². The highest BCUT2D eigenvalue weighted by Gasteiger charge is 2.27. The molecular formula is C24H21F2N3O2. The number of hydrogen-bond acceptors (Lipinski definition) is 3. The zero-order valence-electron chi connectivity index (χ0n) is 17.0. The Morgan fingerprint density at radius 1 is 1.19 bits per heavy atom. The summed E-state index contributed by atoms with van der Waals surface area (Å²) in [6, 6.07) is 11.9. The molecule has 5 rings (SSSR count). The lowest BCUT2D eigenvalue weighted by atomic mass is 9.96. The van der Waals surface area contributed by atoms with Crippen LogP contribution in [0.5, 0.6) is 0 Å². The maximum atomic E-state index is 13.8. The highest BCUT2D eigenvalue weighted by molar-refractivity contribution is 6.10. The van der Waals surface area contributed by atoms with Gasteiger partial charge in [0.25, 0.3) is 0 Å². The number of pyridine rings is 1. The average Bonchev–Trinajstić information content (AvgIpc) is 3.16. The second-order valence-electron chi connectivity index (χ2n) is 7.70. The molecule has 0 saturated heterocycles. The number of carbonyl (C=O) groups is 1. The number of halogens is 2. The largest absolute Gasteiger partial charge is 0.450 e. The fourth-order valence-corrected chi connectivity index (χ4v) is 4.35. The van der Waals surface area contributed by atoms with Crippen LogP contribution in [0.1, 0.15) is 29.4 Å². The molecule has 0 bridgehead atoms. The number of carbonyl (C=O) groups excluding carboxylic acids is 1. The summed E-state index contributed by atoms with van der Waals surface area (Å²) < 4.78 is 32.3. The standard InChI is InChI=1S/C24H21F2N3O2/c1-2-31-24(30)29-10-9-16-21(13-29)27-20(12-14-7-8-17(25)18(26)11-14)23-22(16)15-5-3-4-6-19(15)28-23/h3-8,11,28H,2,9-10,12-13H2,1H3. The van der Waals surface area contributed by atoms with E-state index in [-0.39, 0.29) is 6.09 Å². The molecule has 2 aromatic heterocycles. The Kier molecular flexibility index (Phi) is 4.81. The molecule has 1 aliphatic rings. The molecule has 4 aromatic rings. The molecule has 31 heavy (non-hydrogen) atoms. The number of fused-ring (bicyclic) bond motifs is 5. The van der Waals surface area contributed by atoms with Crippen molar-refractivity contribution in [2.24, 2.45) is 0 Å². The summed E-state index contributed by atoms with van der Waals surface area (Å²) in [5.41, 5.74) is 5.18. The van der Waals surface area contributed by atoms with Crippen LogP contribution in [0.3, 0.4) is 0 Å². The van der Waals surface area contributed by atoms with Crippen molar-refractivity contribution in [1.82, 2.24) is 14.9 Å². The van der Waals surface area contributed by atoms with E-state index in [0.717, 1.165) is 44.8 Å². The van der Waals surface area contributed by atoms with Crippen molar-refractivity contribution in [3.05, 3.63) is 76.6 Å². The Labute approximate surface area is 177 Å². The zero-order chi connectivity index (χ0) is 21.5. The Bertz CT molecular complexity index is 1320. The molecule has 5 nitrogen and oxygen atoms in total. The molecule has 0 unspecified atom stereocenters. The van der Waals surface area contributed by atoms with Gasteiger partial charge in [-0.05, 0) is 42.7 Å². The van der Waals surface area contributed by atoms with Gasteiger partial charge in [0.05, 0.1) is 30.1 Å². The van der Waals surface area contributed by atoms with E-state index in [4.69, 9.17) is 9.72 Å². The van der Waals surface area contributed by atoms with Gasteiger partial charge in [0.2, 0.25) is 0 Å². The van der Waals surface area contributed by atoms with Gasteiger partial charge in [-0.25, -0.2) is 13.6 Å². The van der Waals surface area contributed by atoms with Gasteiger partial charge in [0.1, 0.15) is 0 Å². The number of aromatic amines is 1.